The molecule has 104 valence electrons. The fourth-order valence-electron chi connectivity index (χ4n) is 2.60. The summed E-state index contributed by atoms with van der Waals surface area (Å²) < 4.78 is 19.1. The van der Waals surface area contributed by atoms with Crippen LogP contribution in [0.15, 0.2) is 54.6 Å². The van der Waals surface area contributed by atoms with Gasteiger partial charge in [0.2, 0.25) is 0 Å². The van der Waals surface area contributed by atoms with Crippen molar-refractivity contribution < 1.29 is 9.13 Å². The molecule has 2 aromatic carbocycles. The Bertz CT molecular complexity index is 535. The van der Waals surface area contributed by atoms with Crippen molar-refractivity contribution in [3.63, 3.8) is 0 Å². The Morgan fingerprint density at radius 1 is 0.900 bits per heavy atom. The number of para-hydroxylation sites is 1. The predicted octanol–water partition coefficient (Wildman–Crippen LogP) is 4.49. The fourth-order valence-corrected chi connectivity index (χ4v) is 2.60. The van der Waals surface area contributed by atoms with Gasteiger partial charge in [-0.15, -0.1) is 0 Å². The lowest BCUT2D eigenvalue weighted by Gasteiger charge is -2.36. The van der Waals surface area contributed by atoms with Gasteiger partial charge in [-0.3, -0.25) is 0 Å². The quantitative estimate of drug-likeness (QED) is 0.815. The molecule has 1 heterocycles. The Morgan fingerprint density at radius 2 is 1.60 bits per heavy atom. The van der Waals surface area contributed by atoms with E-state index in [2.05, 4.69) is 17.0 Å². The van der Waals surface area contributed by atoms with Crippen molar-refractivity contribution in [2.45, 2.75) is 25.5 Å². The van der Waals surface area contributed by atoms with E-state index in [1.165, 1.54) is 12.1 Å². The van der Waals surface area contributed by atoms with E-state index in [1.807, 2.05) is 18.2 Å². The summed E-state index contributed by atoms with van der Waals surface area (Å²) in [6.45, 7) is 0.787. The van der Waals surface area contributed by atoms with Gasteiger partial charge in [0.15, 0.2) is 0 Å². The van der Waals surface area contributed by atoms with Crippen LogP contribution in [0.5, 0.6) is 0 Å². The van der Waals surface area contributed by atoms with Crippen LogP contribution < -0.4 is 4.90 Å². The number of benzene rings is 2. The molecule has 0 amide bonds. The average molecular weight is 271 g/mol. The number of ether oxygens (including phenoxy) is 1. The molecule has 0 aromatic heterocycles. The minimum atomic E-state index is -0.216. The molecule has 1 unspecified atom stereocenters. The standard InChI is InChI=1S/C17H18FNO/c18-14-9-11-16(12-10-14)19(15-6-2-1-3-7-15)17-8-4-5-13-20-17/h1-3,6-7,9-12,17H,4-5,8,13H2. The topological polar surface area (TPSA) is 12.5 Å². The maximum atomic E-state index is 13.1. The molecule has 0 radical (unpaired) electrons. The lowest BCUT2D eigenvalue weighted by Crippen LogP contribution is -2.36. The van der Waals surface area contributed by atoms with Gasteiger partial charge in [0.25, 0.3) is 0 Å². The first-order chi connectivity index (χ1) is 9.84. The van der Waals surface area contributed by atoms with Crippen molar-refractivity contribution >= 4 is 11.4 Å². The molecular formula is C17H18FNO. The van der Waals surface area contributed by atoms with E-state index >= 15 is 0 Å². The molecule has 2 aromatic rings. The molecule has 3 heteroatoms. The second-order valence-corrected chi connectivity index (χ2v) is 5.00. The normalized spacial score (nSPS) is 18.8. The SMILES string of the molecule is Fc1ccc(N(c2ccccc2)C2CCCCO2)cc1. The van der Waals surface area contributed by atoms with Gasteiger partial charge in [-0.2, -0.15) is 0 Å². The molecule has 3 rings (SSSR count). The van der Waals surface area contributed by atoms with E-state index < -0.39 is 0 Å². The van der Waals surface area contributed by atoms with Gasteiger partial charge in [-0.05, 0) is 55.7 Å². The van der Waals surface area contributed by atoms with Crippen LogP contribution in [0.4, 0.5) is 15.8 Å². The van der Waals surface area contributed by atoms with Crippen LogP contribution in [-0.4, -0.2) is 12.8 Å². The maximum absolute atomic E-state index is 13.1. The Labute approximate surface area is 118 Å². The molecule has 1 atom stereocenters. The predicted molar refractivity (Wildman–Crippen MR) is 78.6 cm³/mol. The van der Waals surface area contributed by atoms with Crippen molar-refractivity contribution in [3.05, 3.63) is 60.4 Å². The monoisotopic (exact) mass is 271 g/mol. The van der Waals surface area contributed by atoms with Crippen molar-refractivity contribution in [2.24, 2.45) is 0 Å². The summed E-state index contributed by atoms with van der Waals surface area (Å²) in [5, 5.41) is 0. The van der Waals surface area contributed by atoms with Gasteiger partial charge < -0.3 is 9.64 Å². The summed E-state index contributed by atoms with van der Waals surface area (Å²) in [6, 6.07) is 16.7. The van der Waals surface area contributed by atoms with E-state index in [0.717, 1.165) is 37.2 Å². The second kappa shape index (κ2) is 6.06. The summed E-state index contributed by atoms with van der Waals surface area (Å²) in [5.74, 6) is -0.216. The third-order valence-electron chi connectivity index (χ3n) is 3.58. The molecule has 0 bridgehead atoms. The van der Waals surface area contributed by atoms with Gasteiger partial charge >= 0.3 is 0 Å². The summed E-state index contributed by atoms with van der Waals surface area (Å²) in [7, 11) is 0. The lowest BCUT2D eigenvalue weighted by atomic mass is 10.1. The maximum Gasteiger partial charge on any atom is 0.134 e. The van der Waals surface area contributed by atoms with Crippen LogP contribution in [0.25, 0.3) is 0 Å². The Kier molecular flexibility index (Phi) is 3.97. The van der Waals surface area contributed by atoms with Gasteiger partial charge in [0, 0.05) is 18.0 Å². The first kappa shape index (κ1) is 13.1. The molecule has 1 saturated heterocycles. The molecule has 0 aliphatic carbocycles. The smallest absolute Gasteiger partial charge is 0.134 e. The third kappa shape index (κ3) is 2.83. The third-order valence-corrected chi connectivity index (χ3v) is 3.58. The molecule has 0 spiro atoms. The van der Waals surface area contributed by atoms with Crippen molar-refractivity contribution in [1.29, 1.82) is 0 Å². The molecular weight excluding hydrogens is 253 g/mol. The zero-order valence-electron chi connectivity index (χ0n) is 11.3. The Balaban J connectivity index is 1.96. The number of hydrogen-bond donors (Lipinski definition) is 0. The minimum absolute atomic E-state index is 0.0246. The number of nitrogens with zero attached hydrogens (tertiary/aromatic N) is 1. The molecule has 1 aliphatic rings. The van der Waals surface area contributed by atoms with Crippen molar-refractivity contribution in [2.75, 3.05) is 11.5 Å². The zero-order valence-corrected chi connectivity index (χ0v) is 11.3. The molecule has 1 fully saturated rings. The van der Waals surface area contributed by atoms with Gasteiger partial charge in [-0.1, -0.05) is 18.2 Å². The molecule has 0 N–H and O–H groups in total. The Hall–Kier alpha value is -1.87. The van der Waals surface area contributed by atoms with E-state index in [1.54, 1.807) is 12.1 Å². The first-order valence-electron chi connectivity index (χ1n) is 7.06. The van der Waals surface area contributed by atoms with Crippen LogP contribution in [0.2, 0.25) is 0 Å². The molecule has 1 aliphatic heterocycles. The van der Waals surface area contributed by atoms with E-state index in [4.69, 9.17) is 4.74 Å². The highest BCUT2D eigenvalue weighted by molar-refractivity contribution is 5.63. The van der Waals surface area contributed by atoms with Crippen LogP contribution >= 0.6 is 0 Å². The minimum Gasteiger partial charge on any atom is -0.358 e. The summed E-state index contributed by atoms with van der Waals surface area (Å²) in [5.41, 5.74) is 2.04. The van der Waals surface area contributed by atoms with Crippen molar-refractivity contribution in [3.8, 4) is 0 Å². The highest BCUT2D eigenvalue weighted by Crippen LogP contribution is 2.31. The number of rotatable bonds is 3. The summed E-state index contributed by atoms with van der Waals surface area (Å²) in [4.78, 5) is 2.15. The van der Waals surface area contributed by atoms with E-state index in [-0.39, 0.29) is 12.0 Å². The van der Waals surface area contributed by atoms with Crippen LogP contribution in [0.3, 0.4) is 0 Å². The highest BCUT2D eigenvalue weighted by atomic mass is 19.1. The average Bonchev–Trinajstić information content (AvgIpc) is 2.52. The Morgan fingerprint density at radius 3 is 2.25 bits per heavy atom. The summed E-state index contributed by atoms with van der Waals surface area (Å²) in [6.07, 6.45) is 3.29. The number of halogens is 1. The number of anilines is 2. The molecule has 0 saturated carbocycles. The first-order valence-corrected chi connectivity index (χ1v) is 7.06. The van der Waals surface area contributed by atoms with Gasteiger partial charge in [-0.25, -0.2) is 4.39 Å². The second-order valence-electron chi connectivity index (χ2n) is 5.00. The lowest BCUT2D eigenvalue weighted by molar-refractivity contribution is 0.0208. The van der Waals surface area contributed by atoms with E-state index in [0.29, 0.717) is 0 Å². The molecule has 2 nitrogen and oxygen atoms in total. The van der Waals surface area contributed by atoms with E-state index in [9.17, 15) is 4.39 Å². The van der Waals surface area contributed by atoms with Crippen molar-refractivity contribution in [1.82, 2.24) is 0 Å². The van der Waals surface area contributed by atoms with Gasteiger partial charge in [0.1, 0.15) is 12.0 Å². The fraction of sp³-hybridized carbons (Fsp3) is 0.294. The largest absolute Gasteiger partial charge is 0.358 e. The highest BCUT2D eigenvalue weighted by Gasteiger charge is 2.23. The number of hydrogen-bond acceptors (Lipinski definition) is 2. The zero-order chi connectivity index (χ0) is 13.8. The van der Waals surface area contributed by atoms with Crippen LogP contribution in [-0.2, 0) is 4.74 Å². The van der Waals surface area contributed by atoms with Crippen LogP contribution in [0.1, 0.15) is 19.3 Å². The molecule has 20 heavy (non-hydrogen) atoms. The summed E-state index contributed by atoms with van der Waals surface area (Å²) >= 11 is 0. The van der Waals surface area contributed by atoms with Crippen LogP contribution in [0, 0.1) is 5.82 Å². The van der Waals surface area contributed by atoms with Gasteiger partial charge in [0.05, 0.1) is 0 Å².